The Morgan fingerprint density at radius 1 is 1.05 bits per heavy atom. The van der Waals surface area contributed by atoms with Crippen LogP contribution < -0.4 is 10.5 Å². The summed E-state index contributed by atoms with van der Waals surface area (Å²) >= 11 is -1.95. The predicted octanol–water partition coefficient (Wildman–Crippen LogP) is 3.01. The van der Waals surface area contributed by atoms with Gasteiger partial charge in [-0.05, 0) is 17.2 Å². The number of nitrogens with two attached hydrogens (primary N) is 1. The first-order valence-corrected chi connectivity index (χ1v) is 13.4. The number of carbonyl (C=O) groups is 3. The molecule has 41 heavy (non-hydrogen) atoms. The summed E-state index contributed by atoms with van der Waals surface area (Å²) in [6, 6.07) is 1.62. The predicted molar refractivity (Wildman–Crippen MR) is 137 cm³/mol. The van der Waals surface area contributed by atoms with Crippen LogP contribution in [0.1, 0.15) is 42.5 Å². The highest BCUT2D eigenvalue weighted by atomic mass is 32.2. The van der Waals surface area contributed by atoms with Crippen LogP contribution in [0.4, 0.5) is 28.0 Å². The molecule has 1 unspecified atom stereocenters. The number of ether oxygens (including phenoxy) is 1. The summed E-state index contributed by atoms with van der Waals surface area (Å²) in [5, 5.41) is 7.63. The molecule has 2 aromatic heterocycles. The quantitative estimate of drug-likeness (QED) is 0.303. The highest BCUT2D eigenvalue weighted by molar-refractivity contribution is 7.89. The summed E-state index contributed by atoms with van der Waals surface area (Å²) in [6.07, 6.45) is -3.82. The Bertz CT molecular complexity index is 1410. The van der Waals surface area contributed by atoms with Crippen LogP contribution in [0.3, 0.4) is 0 Å². The molecular formula is C25H26F4N6O5S. The molecule has 1 atom stereocenters. The van der Waals surface area contributed by atoms with E-state index in [1.54, 1.807) is 20.8 Å². The fraction of sp³-hybridized carbons (Fsp3) is 0.400. The van der Waals surface area contributed by atoms with E-state index in [0.717, 1.165) is 29.5 Å². The van der Waals surface area contributed by atoms with E-state index in [-0.39, 0.29) is 42.5 Å². The number of hydrogen-bond donors (Lipinski definition) is 2. The van der Waals surface area contributed by atoms with E-state index in [0.29, 0.717) is 6.20 Å². The number of aromatic nitrogens is 2. The number of amides is 3. The van der Waals surface area contributed by atoms with Crippen LogP contribution in [0.5, 0.6) is 0 Å². The van der Waals surface area contributed by atoms with Crippen LogP contribution in [0.2, 0.25) is 0 Å². The van der Waals surface area contributed by atoms with Gasteiger partial charge in [-0.15, -0.1) is 5.14 Å². The molecule has 0 saturated heterocycles. The van der Waals surface area contributed by atoms with Crippen molar-refractivity contribution in [1.29, 1.82) is 0 Å². The lowest BCUT2D eigenvalue weighted by Crippen LogP contribution is -2.37. The summed E-state index contributed by atoms with van der Waals surface area (Å²) in [5.41, 5.74) is -1.22. The van der Waals surface area contributed by atoms with Crippen molar-refractivity contribution in [3.63, 3.8) is 0 Å². The monoisotopic (exact) mass is 598 g/mol. The Hall–Kier alpha value is -3.76. The Morgan fingerprint density at radius 3 is 2.20 bits per heavy atom. The van der Waals surface area contributed by atoms with Crippen molar-refractivity contribution in [3.8, 4) is 0 Å². The molecule has 4 rings (SSSR count). The van der Waals surface area contributed by atoms with Gasteiger partial charge in [-0.3, -0.25) is 14.6 Å². The van der Waals surface area contributed by atoms with Gasteiger partial charge in [-0.1, -0.05) is 20.8 Å². The lowest BCUT2D eigenvalue weighted by molar-refractivity contribution is -0.137. The van der Waals surface area contributed by atoms with Crippen molar-refractivity contribution in [3.05, 3.63) is 58.4 Å². The SMILES string of the molecule is CC(C)(C)C(=O)Nc1cc(C(F)(F)F)cnc1COC(=O)N1CC2=C(C1)CN(C(=O)c1ncc([S+](N)[O-])cc1F)C2. The third-order valence-corrected chi connectivity index (χ3v) is 7.07. The number of nitrogens with zero attached hydrogens (tertiary/aromatic N) is 4. The van der Waals surface area contributed by atoms with E-state index in [9.17, 15) is 36.5 Å². The summed E-state index contributed by atoms with van der Waals surface area (Å²) in [6.45, 7) is 4.73. The Labute approximate surface area is 235 Å². The maximum absolute atomic E-state index is 14.4. The number of carbonyl (C=O) groups excluding carboxylic acids is 3. The van der Waals surface area contributed by atoms with Crippen LogP contribution in [0.15, 0.2) is 40.6 Å². The molecule has 0 aromatic carbocycles. The maximum Gasteiger partial charge on any atom is 0.417 e. The number of hydrogen-bond acceptors (Lipinski definition) is 8. The first-order valence-electron chi connectivity index (χ1n) is 12.1. The zero-order chi connectivity index (χ0) is 30.3. The summed E-state index contributed by atoms with van der Waals surface area (Å²) in [4.78, 5) is 48.1. The molecular weight excluding hydrogens is 572 g/mol. The number of pyridine rings is 2. The Morgan fingerprint density at radius 2 is 1.66 bits per heavy atom. The van der Waals surface area contributed by atoms with Gasteiger partial charge in [0.1, 0.15) is 12.3 Å². The molecule has 16 heteroatoms. The number of nitrogens with one attached hydrogen (secondary N) is 1. The van der Waals surface area contributed by atoms with Crippen molar-refractivity contribution in [2.45, 2.75) is 38.4 Å². The van der Waals surface area contributed by atoms with E-state index in [1.807, 2.05) is 0 Å². The number of halogens is 4. The van der Waals surface area contributed by atoms with Crippen molar-refractivity contribution >= 4 is 35.0 Å². The van der Waals surface area contributed by atoms with E-state index >= 15 is 0 Å². The molecule has 2 aliphatic rings. The fourth-order valence-corrected chi connectivity index (χ4v) is 4.47. The van der Waals surface area contributed by atoms with Crippen LogP contribution in [-0.4, -0.2) is 68.4 Å². The highest BCUT2D eigenvalue weighted by Crippen LogP contribution is 2.32. The number of rotatable bonds is 5. The zero-order valence-electron chi connectivity index (χ0n) is 22.2. The second kappa shape index (κ2) is 11.3. The Kier molecular flexibility index (Phi) is 8.29. The fourth-order valence-electron chi connectivity index (χ4n) is 4.09. The van der Waals surface area contributed by atoms with Crippen molar-refractivity contribution in [2.75, 3.05) is 31.5 Å². The average molecular weight is 599 g/mol. The largest absolute Gasteiger partial charge is 0.593 e. The smallest absolute Gasteiger partial charge is 0.417 e. The van der Waals surface area contributed by atoms with Crippen LogP contribution in [0.25, 0.3) is 0 Å². The van der Waals surface area contributed by atoms with E-state index < -0.39 is 64.5 Å². The van der Waals surface area contributed by atoms with E-state index in [2.05, 4.69) is 15.3 Å². The second-order valence-corrected chi connectivity index (χ2v) is 11.6. The third-order valence-electron chi connectivity index (χ3n) is 6.38. The van der Waals surface area contributed by atoms with Crippen LogP contribution >= 0.6 is 0 Å². The molecule has 0 radical (unpaired) electrons. The van der Waals surface area contributed by atoms with Gasteiger partial charge in [0.15, 0.2) is 16.4 Å². The standard InChI is InChI=1S/C25H26F4N6O5S/c1-24(2,3)22(37)33-18-4-15(25(27,28)29)6-31-19(18)12-40-23(38)35-10-13-8-34(9-14(13)11-35)21(36)20-17(26)5-16(7-32-20)41(30)39/h4-7H,8-12,30H2,1-3H3,(H,33,37). The van der Waals surface area contributed by atoms with Gasteiger partial charge in [0.2, 0.25) is 5.91 Å². The topological polar surface area (TPSA) is 154 Å². The summed E-state index contributed by atoms with van der Waals surface area (Å²) in [5.74, 6) is -2.19. The minimum absolute atomic E-state index is 0.0644. The zero-order valence-corrected chi connectivity index (χ0v) is 23.0. The van der Waals surface area contributed by atoms with Gasteiger partial charge in [0.05, 0.1) is 28.8 Å². The molecule has 220 valence electrons. The molecule has 0 fully saturated rings. The number of alkyl halides is 3. The number of anilines is 1. The first kappa shape index (κ1) is 30.2. The molecule has 2 aliphatic heterocycles. The first-order chi connectivity index (χ1) is 19.0. The van der Waals surface area contributed by atoms with Crippen molar-refractivity contribution < 1.29 is 41.2 Å². The van der Waals surface area contributed by atoms with E-state index in [4.69, 9.17) is 9.88 Å². The molecule has 0 spiro atoms. The average Bonchev–Trinajstić information content (AvgIpc) is 3.46. The highest BCUT2D eigenvalue weighted by Gasteiger charge is 2.37. The second-order valence-electron chi connectivity index (χ2n) is 10.5. The molecule has 4 heterocycles. The van der Waals surface area contributed by atoms with Crippen LogP contribution in [0, 0.1) is 11.2 Å². The van der Waals surface area contributed by atoms with E-state index in [1.165, 1.54) is 9.80 Å². The molecule has 11 nitrogen and oxygen atoms in total. The van der Waals surface area contributed by atoms with Gasteiger partial charge in [0, 0.05) is 43.9 Å². The van der Waals surface area contributed by atoms with Gasteiger partial charge in [-0.2, -0.15) is 13.2 Å². The molecule has 0 aliphatic carbocycles. The molecule has 2 aromatic rings. The maximum atomic E-state index is 14.4. The van der Waals surface area contributed by atoms with Gasteiger partial charge < -0.3 is 24.4 Å². The minimum atomic E-state index is -4.70. The molecule has 3 N–H and O–H groups in total. The van der Waals surface area contributed by atoms with Gasteiger partial charge in [0.25, 0.3) is 5.91 Å². The lowest BCUT2D eigenvalue weighted by atomic mass is 9.95. The summed E-state index contributed by atoms with van der Waals surface area (Å²) in [7, 11) is 0. The van der Waals surface area contributed by atoms with Crippen LogP contribution in [-0.2, 0) is 33.7 Å². The molecule has 3 amide bonds. The Balaban J connectivity index is 1.37. The molecule has 0 bridgehead atoms. The normalized spacial score (nSPS) is 16.1. The van der Waals surface area contributed by atoms with Crippen molar-refractivity contribution in [2.24, 2.45) is 10.6 Å². The third kappa shape index (κ3) is 6.77. The van der Waals surface area contributed by atoms with Crippen molar-refractivity contribution in [1.82, 2.24) is 19.8 Å². The van der Waals surface area contributed by atoms with Gasteiger partial charge >= 0.3 is 12.3 Å². The van der Waals surface area contributed by atoms with Gasteiger partial charge in [-0.25, -0.2) is 14.2 Å². The summed E-state index contributed by atoms with van der Waals surface area (Å²) < 4.78 is 70.6. The minimum Gasteiger partial charge on any atom is -0.593 e. The molecule has 0 saturated carbocycles. The lowest BCUT2D eigenvalue weighted by Gasteiger charge is -2.23.